The van der Waals surface area contributed by atoms with Gasteiger partial charge < -0.3 is 50.3 Å². The molecule has 2 aliphatic carbocycles. The molecule has 0 aliphatic heterocycles. The van der Waals surface area contributed by atoms with E-state index in [0.717, 1.165) is 32.0 Å². The Bertz CT molecular complexity index is 3160. The lowest BCUT2D eigenvalue weighted by Gasteiger charge is -2.33. The van der Waals surface area contributed by atoms with Gasteiger partial charge in [0, 0.05) is 40.3 Å². The van der Waals surface area contributed by atoms with Crippen LogP contribution in [-0.4, -0.2) is 84.0 Å². The fraction of sp³-hybridized carbons (Fsp3) is 0.146. The fourth-order valence-corrected chi connectivity index (χ4v) is 9.19. The number of aromatic hydroxyl groups is 8. The molecule has 63 heavy (non-hydrogen) atoms. The molecule has 318 valence electrons. The summed E-state index contributed by atoms with van der Waals surface area (Å²) in [5.41, 5.74) is -4.63. The first-order chi connectivity index (χ1) is 29.8. The largest absolute Gasteiger partial charge is 0.507 e. The number of fused-ring (bicyclic) bond motifs is 4. The Labute approximate surface area is 356 Å². The van der Waals surface area contributed by atoms with E-state index in [0.29, 0.717) is 0 Å². The van der Waals surface area contributed by atoms with Gasteiger partial charge in [-0.1, -0.05) is 18.2 Å². The number of phenolic OH excluding ortho intramolecular Hbond substituents is 8. The molecular formula is C48H36O15. The number of carbonyl (C=O) groups excluding carboxylic acids is 5. The zero-order valence-corrected chi connectivity index (χ0v) is 34.2. The van der Waals surface area contributed by atoms with E-state index in [1.54, 1.807) is 0 Å². The number of rotatable bonds is 7. The number of Topliss-reactive ketones (excluding diaryl/α,β-unsaturated/α-hetero) is 2. The molecule has 2 aliphatic rings. The average molecular weight is 853 g/mol. The van der Waals surface area contributed by atoms with E-state index in [1.165, 1.54) is 64.5 Å². The van der Waals surface area contributed by atoms with Crippen LogP contribution in [0.2, 0.25) is 0 Å². The summed E-state index contributed by atoms with van der Waals surface area (Å²) < 4.78 is 10.5. The van der Waals surface area contributed by atoms with E-state index in [4.69, 9.17) is 9.47 Å². The molecule has 0 heterocycles. The van der Waals surface area contributed by atoms with Gasteiger partial charge in [0.2, 0.25) is 11.6 Å². The highest BCUT2D eigenvalue weighted by Gasteiger charge is 2.44. The van der Waals surface area contributed by atoms with Gasteiger partial charge in [0.1, 0.15) is 68.6 Å². The van der Waals surface area contributed by atoms with Gasteiger partial charge >= 0.3 is 0 Å². The Kier molecular flexibility index (Phi) is 9.47. The predicted octanol–water partition coefficient (Wildman–Crippen LogP) is 7.20. The molecule has 8 N–H and O–H groups in total. The molecule has 0 saturated heterocycles. The van der Waals surface area contributed by atoms with Crippen LogP contribution in [0.15, 0.2) is 54.6 Å². The Morgan fingerprint density at radius 3 is 1.51 bits per heavy atom. The van der Waals surface area contributed by atoms with Crippen molar-refractivity contribution in [2.24, 2.45) is 0 Å². The number of methoxy groups -OCH3 is 2. The molecule has 6 aromatic rings. The van der Waals surface area contributed by atoms with Gasteiger partial charge in [-0.15, -0.1) is 0 Å². The van der Waals surface area contributed by atoms with Crippen LogP contribution < -0.4 is 9.47 Å². The van der Waals surface area contributed by atoms with Crippen molar-refractivity contribution in [1.82, 2.24) is 0 Å². The van der Waals surface area contributed by atoms with Crippen LogP contribution in [0, 0.1) is 13.8 Å². The molecule has 0 unspecified atom stereocenters. The third-order valence-corrected chi connectivity index (χ3v) is 11.8. The lowest BCUT2D eigenvalue weighted by atomic mass is 9.69. The monoisotopic (exact) mass is 852 g/mol. The maximum atomic E-state index is 14.8. The van der Waals surface area contributed by atoms with Crippen LogP contribution in [-0.2, 0) is 0 Å². The number of phenols is 8. The molecule has 0 bridgehead atoms. The van der Waals surface area contributed by atoms with Gasteiger partial charge in [-0.3, -0.25) is 24.0 Å². The van der Waals surface area contributed by atoms with E-state index in [2.05, 4.69) is 0 Å². The van der Waals surface area contributed by atoms with Crippen LogP contribution in [0.25, 0.3) is 22.3 Å². The second-order valence-corrected chi connectivity index (χ2v) is 15.3. The molecule has 8 rings (SSSR count). The second kappa shape index (κ2) is 14.4. The number of hydrogen-bond acceptors (Lipinski definition) is 15. The van der Waals surface area contributed by atoms with Crippen molar-refractivity contribution in [2.75, 3.05) is 14.2 Å². The van der Waals surface area contributed by atoms with E-state index in [9.17, 15) is 64.8 Å². The van der Waals surface area contributed by atoms with Crippen molar-refractivity contribution in [2.45, 2.75) is 33.6 Å². The predicted molar refractivity (Wildman–Crippen MR) is 224 cm³/mol. The Balaban J connectivity index is 1.44. The average Bonchev–Trinajstić information content (AvgIpc) is 3.20. The second-order valence-electron chi connectivity index (χ2n) is 15.3. The summed E-state index contributed by atoms with van der Waals surface area (Å²) in [5.74, 6) is -11.5. The molecule has 15 nitrogen and oxygen atoms in total. The number of ether oxygens (including phenoxy) is 2. The summed E-state index contributed by atoms with van der Waals surface area (Å²) in [6.07, 6.45) is 0. The van der Waals surface area contributed by atoms with Crippen LogP contribution in [0.4, 0.5) is 0 Å². The molecular weight excluding hydrogens is 817 g/mol. The molecule has 6 aromatic carbocycles. The Hall–Kier alpha value is -8.33. The lowest BCUT2D eigenvalue weighted by Crippen LogP contribution is -2.25. The minimum atomic E-state index is -1.45. The van der Waals surface area contributed by atoms with Crippen molar-refractivity contribution in [3.8, 4) is 79.7 Å². The van der Waals surface area contributed by atoms with Gasteiger partial charge in [-0.05, 0) is 79.8 Å². The van der Waals surface area contributed by atoms with Crippen LogP contribution >= 0.6 is 0 Å². The minimum Gasteiger partial charge on any atom is -0.507 e. The van der Waals surface area contributed by atoms with Crippen LogP contribution in [0.1, 0.15) is 116 Å². The highest BCUT2D eigenvalue weighted by molar-refractivity contribution is 6.33. The fourth-order valence-electron chi connectivity index (χ4n) is 9.19. The number of hydrogen-bond donors (Lipinski definition) is 8. The van der Waals surface area contributed by atoms with Gasteiger partial charge in [0.15, 0.2) is 17.3 Å². The van der Waals surface area contributed by atoms with E-state index in [-0.39, 0.29) is 72.7 Å². The molecule has 1 atom stereocenters. The summed E-state index contributed by atoms with van der Waals surface area (Å²) in [7, 11) is 2.43. The highest BCUT2D eigenvalue weighted by Crippen LogP contribution is 2.57. The van der Waals surface area contributed by atoms with Crippen molar-refractivity contribution in [1.29, 1.82) is 0 Å². The van der Waals surface area contributed by atoms with Gasteiger partial charge in [-0.2, -0.15) is 0 Å². The van der Waals surface area contributed by atoms with Crippen LogP contribution in [0.3, 0.4) is 0 Å². The zero-order valence-electron chi connectivity index (χ0n) is 34.2. The molecule has 0 amide bonds. The van der Waals surface area contributed by atoms with Crippen molar-refractivity contribution in [3.05, 3.63) is 127 Å². The van der Waals surface area contributed by atoms with E-state index >= 15 is 0 Å². The Morgan fingerprint density at radius 1 is 0.476 bits per heavy atom. The third-order valence-electron chi connectivity index (χ3n) is 11.8. The first-order valence-electron chi connectivity index (χ1n) is 19.1. The third kappa shape index (κ3) is 5.69. The zero-order chi connectivity index (χ0) is 45.8. The number of benzene rings is 6. The topological polar surface area (TPSA) is 266 Å². The van der Waals surface area contributed by atoms with Crippen molar-refractivity contribution < 1.29 is 74.3 Å². The minimum absolute atomic E-state index is 0.0238. The smallest absolute Gasteiger partial charge is 0.202 e. The van der Waals surface area contributed by atoms with Gasteiger partial charge in [-0.25, -0.2) is 0 Å². The standard InChI is InChI=1S/C48H36O15/c1-16-12-24(52)39-41(30(16)37-26(54)14-28(62-5)32(18(3)49)45(37)58)34(20-8-7-9-23(51)35(20)47(39)60)21-10-11-22-36(43(21)56)48(61)40-25(53)13-17(2)31(42(40)44(22)57)38-27(55)15-29(63-6)33(19(4)50)46(38)59/h7-15,34,51-56,58-59H,1-6H3/t34-/m1/s1. The Morgan fingerprint density at radius 2 is 0.968 bits per heavy atom. The van der Waals surface area contributed by atoms with Gasteiger partial charge in [0.25, 0.3) is 0 Å². The maximum Gasteiger partial charge on any atom is 0.202 e. The molecule has 0 radical (unpaired) electrons. The van der Waals surface area contributed by atoms with Crippen molar-refractivity contribution in [3.63, 3.8) is 0 Å². The normalized spacial score (nSPS) is 13.8. The number of carbonyl (C=O) groups is 5. The van der Waals surface area contributed by atoms with Gasteiger partial charge in [0.05, 0.1) is 47.6 Å². The van der Waals surface area contributed by atoms with Crippen molar-refractivity contribution >= 4 is 28.9 Å². The molecule has 15 heteroatoms. The summed E-state index contributed by atoms with van der Waals surface area (Å²) >= 11 is 0. The number of aryl methyl sites for hydroxylation is 2. The van der Waals surface area contributed by atoms with E-state index < -0.39 is 114 Å². The first-order valence-corrected chi connectivity index (χ1v) is 19.1. The number of ketones is 5. The summed E-state index contributed by atoms with van der Waals surface area (Å²) in [5, 5.41) is 92.3. The van der Waals surface area contributed by atoms with Crippen LogP contribution in [0.5, 0.6) is 57.5 Å². The summed E-state index contributed by atoms with van der Waals surface area (Å²) in [6.45, 7) is 5.21. The lowest BCUT2D eigenvalue weighted by molar-refractivity contribution is 0.0974. The molecule has 0 saturated carbocycles. The summed E-state index contributed by atoms with van der Waals surface area (Å²) in [4.78, 5) is 69.5. The summed E-state index contributed by atoms with van der Waals surface area (Å²) in [6, 6.07) is 10.9. The maximum absolute atomic E-state index is 14.8. The first kappa shape index (κ1) is 41.4. The van der Waals surface area contributed by atoms with E-state index in [1.807, 2.05) is 0 Å². The molecule has 0 spiro atoms. The quantitative estimate of drug-likeness (QED) is 0.0737. The molecule has 0 fully saturated rings. The molecule has 0 aromatic heterocycles. The highest BCUT2D eigenvalue weighted by atomic mass is 16.5. The SMILES string of the molecule is COc1cc(O)c(-c2c(C)cc(O)c3c2C(=O)c2ccc([C@H]4c5cccc(O)c5C(=O)c5c(O)cc(C)c(-c6c(O)cc(OC)c(C(C)=O)c6O)c54)c(O)c2C3=O)c(O)c1C(C)=O.